The van der Waals surface area contributed by atoms with Crippen LogP contribution < -0.4 is 5.32 Å². The number of rotatable bonds is 8. The van der Waals surface area contributed by atoms with Crippen molar-refractivity contribution in [2.45, 2.75) is 11.3 Å². The molecule has 138 valence electrons. The number of sulfone groups is 1. The van der Waals surface area contributed by atoms with Gasteiger partial charge in [0.2, 0.25) is 5.91 Å². The first-order valence-electron chi connectivity index (χ1n) is 8.25. The van der Waals surface area contributed by atoms with Gasteiger partial charge in [0.05, 0.1) is 17.2 Å². The van der Waals surface area contributed by atoms with E-state index in [0.717, 1.165) is 0 Å². The maximum absolute atomic E-state index is 12.2. The molecule has 0 atom stereocenters. The highest BCUT2D eigenvalue weighted by Crippen LogP contribution is 2.10. The van der Waals surface area contributed by atoms with Crippen LogP contribution in [0.2, 0.25) is 0 Å². The van der Waals surface area contributed by atoms with E-state index in [-0.39, 0.29) is 35.6 Å². The largest absolute Gasteiger partial charge is 0.355 e. The summed E-state index contributed by atoms with van der Waals surface area (Å²) >= 11 is 0. The van der Waals surface area contributed by atoms with Gasteiger partial charge in [0.15, 0.2) is 9.84 Å². The molecule has 0 unspecified atom stereocenters. The first-order chi connectivity index (χ1) is 12.4. The fraction of sp³-hybridized carbons (Fsp3) is 0.263. The molecule has 0 bridgehead atoms. The molecule has 0 spiro atoms. The topological polar surface area (TPSA) is 83.6 Å². The Morgan fingerprint density at radius 1 is 0.962 bits per heavy atom. The minimum absolute atomic E-state index is 0.0456. The monoisotopic (exact) mass is 374 g/mol. The minimum Gasteiger partial charge on any atom is -0.355 e. The summed E-state index contributed by atoms with van der Waals surface area (Å²) in [4.78, 5) is 25.7. The molecule has 0 saturated carbocycles. The maximum Gasteiger partial charge on any atom is 0.254 e. The van der Waals surface area contributed by atoms with Gasteiger partial charge in [-0.3, -0.25) is 9.59 Å². The lowest BCUT2D eigenvalue weighted by Crippen LogP contribution is -2.38. The molecule has 0 aliphatic heterocycles. The number of amides is 2. The van der Waals surface area contributed by atoms with E-state index >= 15 is 0 Å². The highest BCUT2D eigenvalue weighted by molar-refractivity contribution is 7.91. The molecule has 2 amide bonds. The Morgan fingerprint density at radius 3 is 2.15 bits per heavy atom. The summed E-state index contributed by atoms with van der Waals surface area (Å²) in [5, 5.41) is 2.65. The van der Waals surface area contributed by atoms with Gasteiger partial charge in [-0.1, -0.05) is 36.4 Å². The Kier molecular flexibility index (Phi) is 6.91. The summed E-state index contributed by atoms with van der Waals surface area (Å²) < 4.78 is 24.3. The SMILES string of the molecule is CN(CC(=O)NCCCS(=O)(=O)c1ccccc1)C(=O)c1ccccc1. The molecule has 0 aliphatic carbocycles. The second kappa shape index (κ2) is 9.15. The molecular weight excluding hydrogens is 352 g/mol. The summed E-state index contributed by atoms with van der Waals surface area (Å²) in [5.41, 5.74) is 0.511. The van der Waals surface area contributed by atoms with Gasteiger partial charge in [-0.15, -0.1) is 0 Å². The number of carbonyl (C=O) groups is 2. The third-order valence-electron chi connectivity index (χ3n) is 3.76. The van der Waals surface area contributed by atoms with Crippen molar-refractivity contribution < 1.29 is 18.0 Å². The Hall–Kier alpha value is -2.67. The van der Waals surface area contributed by atoms with Crippen molar-refractivity contribution >= 4 is 21.7 Å². The van der Waals surface area contributed by atoms with Gasteiger partial charge in [-0.2, -0.15) is 0 Å². The van der Waals surface area contributed by atoms with E-state index < -0.39 is 9.84 Å². The summed E-state index contributed by atoms with van der Waals surface area (Å²) in [7, 11) is -1.80. The summed E-state index contributed by atoms with van der Waals surface area (Å²) in [6.45, 7) is 0.150. The average Bonchev–Trinajstić information content (AvgIpc) is 2.66. The molecule has 0 fully saturated rings. The van der Waals surface area contributed by atoms with E-state index in [1.54, 1.807) is 61.6 Å². The quantitative estimate of drug-likeness (QED) is 0.714. The molecule has 7 heteroatoms. The molecule has 0 aromatic heterocycles. The Labute approximate surface area is 153 Å². The molecule has 0 saturated heterocycles. The lowest BCUT2D eigenvalue weighted by molar-refractivity contribution is -0.121. The number of nitrogens with zero attached hydrogens (tertiary/aromatic N) is 1. The van der Waals surface area contributed by atoms with Crippen molar-refractivity contribution in [2.24, 2.45) is 0 Å². The number of hydrogen-bond acceptors (Lipinski definition) is 4. The van der Waals surface area contributed by atoms with Crippen molar-refractivity contribution in [3.8, 4) is 0 Å². The third-order valence-corrected chi connectivity index (χ3v) is 5.58. The van der Waals surface area contributed by atoms with Crippen LogP contribution in [-0.4, -0.2) is 51.0 Å². The van der Waals surface area contributed by atoms with E-state index in [4.69, 9.17) is 0 Å². The zero-order valence-corrected chi connectivity index (χ0v) is 15.4. The maximum atomic E-state index is 12.2. The van der Waals surface area contributed by atoms with Crippen molar-refractivity contribution in [1.29, 1.82) is 0 Å². The second-order valence-corrected chi connectivity index (χ2v) is 7.97. The van der Waals surface area contributed by atoms with Crippen LogP contribution in [0.4, 0.5) is 0 Å². The Bertz CT molecular complexity index is 836. The van der Waals surface area contributed by atoms with E-state index in [1.165, 1.54) is 4.90 Å². The molecule has 2 aromatic carbocycles. The van der Waals surface area contributed by atoms with Crippen molar-refractivity contribution in [3.05, 3.63) is 66.2 Å². The molecular formula is C19H22N2O4S. The first-order valence-corrected chi connectivity index (χ1v) is 9.90. The lowest BCUT2D eigenvalue weighted by atomic mass is 10.2. The van der Waals surface area contributed by atoms with E-state index in [1.807, 2.05) is 6.07 Å². The van der Waals surface area contributed by atoms with Gasteiger partial charge in [-0.25, -0.2) is 8.42 Å². The fourth-order valence-corrected chi connectivity index (χ4v) is 3.71. The smallest absolute Gasteiger partial charge is 0.254 e. The molecule has 2 rings (SSSR count). The molecule has 0 aliphatic rings. The second-order valence-electron chi connectivity index (χ2n) is 5.86. The zero-order chi connectivity index (χ0) is 19.0. The normalized spacial score (nSPS) is 11.0. The lowest BCUT2D eigenvalue weighted by Gasteiger charge is -2.16. The van der Waals surface area contributed by atoms with Crippen LogP contribution in [0.25, 0.3) is 0 Å². The van der Waals surface area contributed by atoms with Gasteiger partial charge in [0, 0.05) is 19.2 Å². The van der Waals surface area contributed by atoms with Gasteiger partial charge in [0.25, 0.3) is 5.91 Å². The van der Waals surface area contributed by atoms with Gasteiger partial charge < -0.3 is 10.2 Å². The Morgan fingerprint density at radius 2 is 1.54 bits per heavy atom. The van der Waals surface area contributed by atoms with Crippen LogP contribution in [0, 0.1) is 0 Å². The molecule has 0 radical (unpaired) electrons. The van der Waals surface area contributed by atoms with Crippen LogP contribution in [0.3, 0.4) is 0 Å². The first kappa shape index (κ1) is 19.7. The number of likely N-dealkylation sites (N-methyl/N-ethyl adjacent to an activating group) is 1. The highest BCUT2D eigenvalue weighted by atomic mass is 32.2. The molecule has 6 nitrogen and oxygen atoms in total. The summed E-state index contributed by atoms with van der Waals surface area (Å²) in [5.74, 6) is -0.614. The molecule has 26 heavy (non-hydrogen) atoms. The summed E-state index contributed by atoms with van der Waals surface area (Å²) in [6.07, 6.45) is 0.305. The van der Waals surface area contributed by atoms with Crippen LogP contribution in [0.15, 0.2) is 65.6 Å². The van der Waals surface area contributed by atoms with E-state index in [0.29, 0.717) is 12.0 Å². The van der Waals surface area contributed by atoms with Crippen LogP contribution in [0.5, 0.6) is 0 Å². The number of carbonyl (C=O) groups excluding carboxylic acids is 2. The molecule has 0 heterocycles. The van der Waals surface area contributed by atoms with Crippen LogP contribution >= 0.6 is 0 Å². The van der Waals surface area contributed by atoms with E-state index in [9.17, 15) is 18.0 Å². The van der Waals surface area contributed by atoms with Gasteiger partial charge >= 0.3 is 0 Å². The standard InChI is InChI=1S/C19H22N2O4S/c1-21(19(23)16-9-4-2-5-10-16)15-18(22)20-13-8-14-26(24,25)17-11-6-3-7-12-17/h2-7,9-12H,8,13-15H2,1H3,(H,20,22). The van der Waals surface area contributed by atoms with Crippen molar-refractivity contribution in [3.63, 3.8) is 0 Å². The van der Waals surface area contributed by atoms with Gasteiger partial charge in [0.1, 0.15) is 0 Å². The van der Waals surface area contributed by atoms with E-state index in [2.05, 4.69) is 5.32 Å². The van der Waals surface area contributed by atoms with Crippen molar-refractivity contribution in [1.82, 2.24) is 10.2 Å². The number of benzene rings is 2. The summed E-state index contributed by atoms with van der Waals surface area (Å²) in [6, 6.07) is 16.9. The van der Waals surface area contributed by atoms with Crippen molar-refractivity contribution in [2.75, 3.05) is 25.9 Å². The molecule has 1 N–H and O–H groups in total. The predicted octanol–water partition coefficient (Wildman–Crippen LogP) is 1.74. The van der Waals surface area contributed by atoms with Gasteiger partial charge in [-0.05, 0) is 30.7 Å². The number of nitrogens with one attached hydrogen (secondary N) is 1. The average molecular weight is 374 g/mol. The minimum atomic E-state index is -3.35. The Balaban J connectivity index is 1.74. The highest BCUT2D eigenvalue weighted by Gasteiger charge is 2.16. The predicted molar refractivity (Wildman–Crippen MR) is 99.5 cm³/mol. The zero-order valence-electron chi connectivity index (χ0n) is 14.6. The molecule has 2 aromatic rings. The third kappa shape index (κ3) is 5.70. The number of hydrogen-bond donors (Lipinski definition) is 1. The van der Waals surface area contributed by atoms with Crippen LogP contribution in [0.1, 0.15) is 16.8 Å². The fourth-order valence-electron chi connectivity index (χ4n) is 2.38. The van der Waals surface area contributed by atoms with Crippen LogP contribution in [-0.2, 0) is 14.6 Å².